The Morgan fingerprint density at radius 1 is 0.383 bits per heavy atom. The Morgan fingerprint density at radius 2 is 0.624 bits per heavy atom. The lowest BCUT2D eigenvalue weighted by Crippen LogP contribution is -2.58. The molecule has 27 nitrogen and oxygen atoms in total. The molecule has 0 unspecified atom stereocenters. The fourth-order valence-electron chi connectivity index (χ4n) is 18.7. The molecule has 6 atom stereocenters. The molecule has 3 aliphatic heterocycles. The van der Waals surface area contributed by atoms with Gasteiger partial charge < -0.3 is 44.7 Å². The number of rotatable bonds is 15. The number of halogens is 15. The molecule has 141 heavy (non-hydrogen) atoms. The summed E-state index contributed by atoms with van der Waals surface area (Å²) < 4.78 is 106. The maximum absolute atomic E-state index is 15.1. The topological polar surface area (TPSA) is 346 Å². The number of benzene rings is 3. The van der Waals surface area contributed by atoms with Gasteiger partial charge in [0.05, 0.1) is 115 Å². The second-order valence-corrected chi connectivity index (χ2v) is 38.3. The first-order chi connectivity index (χ1) is 66.5. The van der Waals surface area contributed by atoms with Crippen LogP contribution in [0.4, 0.5) is 47.8 Å². The number of hydrogen-bond donors (Lipinski definition) is 3. The van der Waals surface area contributed by atoms with Crippen LogP contribution in [-0.4, -0.2) is 167 Å². The maximum atomic E-state index is 15.1. The zero-order valence-corrected chi connectivity index (χ0v) is 84.0. The maximum Gasteiger partial charge on any atom is 0.276 e. The van der Waals surface area contributed by atoms with Crippen molar-refractivity contribution in [1.82, 2.24) is 58.3 Å². The monoisotopic (exact) mass is 2080 g/mol. The Kier molecular flexibility index (Phi) is 30.8. The van der Waals surface area contributed by atoms with Crippen molar-refractivity contribution in [3.05, 3.63) is 255 Å². The standard InChI is InChI=1S/C33H29Cl4FN6O3.2C33H29Cl2F3N6O3/c1-7-21(45)43-16(5)12-42(13-17(43)6)30-18-10-20(34)28(22-23(35)26(38)24(36)25(37)31(22)46)41-32(18)44(33(47)19(30)11-39)29-15(4)8-9-40-27(29)14(2)3;2*1-7-21(45)43-16(5)12-42(13-17(43)6)30-18-10-20(34)28(22-23(35)24(36)25(37)26(38)31(22)46)41-32(18)44(33(47)19(30)11-39)29-15(4)8-9-40-27(29)14(2)3/h3*7-10,14,16-17,46H,1,12-13H2,2-6H3/t3*16-,17+. The second kappa shape index (κ2) is 41.2. The van der Waals surface area contributed by atoms with Gasteiger partial charge in [-0.2, -0.15) is 24.6 Å². The van der Waals surface area contributed by atoms with Gasteiger partial charge in [-0.3, -0.25) is 57.4 Å². The predicted octanol–water partition coefficient (Wildman–Crippen LogP) is 21.4. The van der Waals surface area contributed by atoms with Crippen LogP contribution in [0.15, 0.2) is 107 Å². The van der Waals surface area contributed by atoms with Gasteiger partial charge in [-0.05, 0) is 151 Å². The Hall–Kier alpha value is -13.1. The molecule has 12 heterocycles. The average Bonchev–Trinajstić information content (AvgIpc) is 0.725. The van der Waals surface area contributed by atoms with Crippen molar-refractivity contribution in [3.63, 3.8) is 0 Å². The number of piperazine rings is 3. The number of amides is 3. The quantitative estimate of drug-likeness (QED) is 0.0371. The zero-order chi connectivity index (χ0) is 104. The van der Waals surface area contributed by atoms with E-state index in [9.17, 15) is 86.2 Å². The summed E-state index contributed by atoms with van der Waals surface area (Å²) in [5.74, 6) is -17.1. The van der Waals surface area contributed by atoms with Gasteiger partial charge in [0.1, 0.15) is 67.6 Å². The minimum atomic E-state index is -1.99. The number of pyridine rings is 9. The van der Waals surface area contributed by atoms with Crippen LogP contribution >= 0.6 is 92.8 Å². The highest BCUT2D eigenvalue weighted by Gasteiger charge is 2.43. The van der Waals surface area contributed by atoms with Gasteiger partial charge in [-0.1, -0.05) is 154 Å². The largest absolute Gasteiger partial charge is 0.506 e. The molecule has 3 N–H and O–H groups in total. The van der Waals surface area contributed by atoms with Crippen LogP contribution in [0, 0.1) is 95.5 Å². The highest BCUT2D eigenvalue weighted by molar-refractivity contribution is 6.46. The van der Waals surface area contributed by atoms with Gasteiger partial charge in [0.15, 0.2) is 40.6 Å². The van der Waals surface area contributed by atoms with Gasteiger partial charge >= 0.3 is 0 Å². The number of nitriles is 3. The van der Waals surface area contributed by atoms with Crippen molar-refractivity contribution in [1.29, 1.82) is 15.8 Å². The second-order valence-electron chi connectivity index (χ2n) is 35.1. The third kappa shape index (κ3) is 18.3. The van der Waals surface area contributed by atoms with Crippen LogP contribution in [0.1, 0.15) is 151 Å². The van der Waals surface area contributed by atoms with E-state index < -0.39 is 122 Å². The molecule has 0 aliphatic carbocycles. The Labute approximate surface area is 842 Å². The van der Waals surface area contributed by atoms with E-state index in [0.29, 0.717) is 56.2 Å². The van der Waals surface area contributed by atoms with E-state index in [-0.39, 0.29) is 199 Å². The number of carbonyl (C=O) groups excluding carboxylic acids is 3. The van der Waals surface area contributed by atoms with Crippen LogP contribution in [0.3, 0.4) is 0 Å². The van der Waals surface area contributed by atoms with Crippen molar-refractivity contribution in [2.75, 3.05) is 54.0 Å². The molecular weight excluding hydrogens is 2000 g/mol. The summed E-state index contributed by atoms with van der Waals surface area (Å²) in [6.45, 7) is 39.7. The van der Waals surface area contributed by atoms with Gasteiger partial charge in [-0.15, -0.1) is 0 Å². The molecule has 15 rings (SSSR count). The summed E-state index contributed by atoms with van der Waals surface area (Å²) in [4.78, 5) is 119. The third-order valence-corrected chi connectivity index (χ3v) is 27.5. The lowest BCUT2D eigenvalue weighted by molar-refractivity contribution is -0.131. The smallest absolute Gasteiger partial charge is 0.276 e. The highest BCUT2D eigenvalue weighted by atomic mass is 35.5. The number of phenols is 3. The van der Waals surface area contributed by atoms with Crippen molar-refractivity contribution < 1.29 is 60.4 Å². The van der Waals surface area contributed by atoms with E-state index in [1.165, 1.54) is 50.1 Å². The number of aromatic hydroxyl groups is 3. The van der Waals surface area contributed by atoms with Crippen LogP contribution < -0.4 is 31.4 Å². The van der Waals surface area contributed by atoms with Crippen molar-refractivity contribution in [2.45, 2.75) is 158 Å². The predicted molar refractivity (Wildman–Crippen MR) is 532 cm³/mol. The lowest BCUT2D eigenvalue weighted by Gasteiger charge is -2.45. The number of hydrogen-bond acceptors (Lipinski definition) is 21. The summed E-state index contributed by atoms with van der Waals surface area (Å²) in [6.07, 6.45) is 8.46. The van der Waals surface area contributed by atoms with E-state index >= 15 is 4.39 Å². The molecule has 0 radical (unpaired) electrons. The van der Waals surface area contributed by atoms with Gasteiger partial charge in [0.2, 0.25) is 29.4 Å². The van der Waals surface area contributed by atoms with Crippen molar-refractivity contribution >= 4 is 161 Å². The molecular formula is C99H87Cl8F7N18O9. The minimum absolute atomic E-state index is 0.0354. The number of phenolic OH excluding ortho intramolecular Hbond substituents is 3. The molecule has 3 aromatic carbocycles. The van der Waals surface area contributed by atoms with Crippen LogP contribution in [0.25, 0.3) is 83.9 Å². The molecule has 0 saturated carbocycles. The SMILES string of the molecule is C=CC(=O)N1[C@H](C)CN(c2c(C#N)c(=O)n(-c3c(C)ccnc3C(C)C)c3nc(-c4c(O)c(Cl)c(Cl)c(F)c4Cl)c(Cl)cc23)C[C@@H]1C.C=CC(=O)N1[C@H](C)CN(c2c(C#N)c(=O)n(-c3c(C)ccnc3C(C)C)c3nc(-c4c(O)c(F)c(F)c(F)c4Cl)c(Cl)cc23)C[C@@H]1C.C=CC(=O)N1[C@H](C)CN(c2c(C#N)c(=O)n(-c3c(C)ccnc3C(C)C)c3nc(-c4c(O)c(F)c(F)c(F)c4Cl)c(Cl)cc23)C[C@@H]1C. The first-order valence-electron chi connectivity index (χ1n) is 43.7. The van der Waals surface area contributed by atoms with E-state index in [2.05, 4.69) is 50.7 Å². The van der Waals surface area contributed by atoms with E-state index in [1.807, 2.05) is 100 Å². The molecule has 9 aromatic heterocycles. The number of fused-ring (bicyclic) bond motifs is 3. The molecule has 12 aromatic rings. The van der Waals surface area contributed by atoms with Crippen molar-refractivity contribution in [2.24, 2.45) is 0 Å². The molecule has 3 amide bonds. The van der Waals surface area contributed by atoms with Gasteiger partial charge in [-0.25, -0.2) is 36.9 Å². The summed E-state index contributed by atoms with van der Waals surface area (Å²) in [6, 6.07) is 13.3. The Morgan fingerprint density at radius 3 is 0.858 bits per heavy atom. The lowest BCUT2D eigenvalue weighted by atomic mass is 10.0. The Balaban J connectivity index is 0.000000178. The average molecular weight is 2090 g/mol. The number of anilines is 3. The third-order valence-electron chi connectivity index (χ3n) is 24.8. The van der Waals surface area contributed by atoms with Crippen LogP contribution in [0.5, 0.6) is 17.2 Å². The Bertz CT molecular complexity index is 6870. The minimum Gasteiger partial charge on any atom is -0.506 e. The normalized spacial score (nSPS) is 16.6. The number of aromatic nitrogens is 9. The first kappa shape index (κ1) is 105. The van der Waals surface area contributed by atoms with E-state index in [4.69, 9.17) is 97.8 Å². The molecule has 0 bridgehead atoms. The fourth-order valence-corrected chi connectivity index (χ4v) is 20.7. The summed E-state index contributed by atoms with van der Waals surface area (Å²) >= 11 is 50.8. The summed E-state index contributed by atoms with van der Waals surface area (Å²) in [7, 11) is 0. The molecule has 3 saturated heterocycles. The number of carbonyl (C=O) groups is 3. The highest BCUT2D eigenvalue weighted by Crippen LogP contribution is 2.52. The summed E-state index contributed by atoms with van der Waals surface area (Å²) in [5.41, 5.74) is -0.896. The van der Waals surface area contributed by atoms with Gasteiger partial charge in [0, 0.05) is 110 Å². The number of aryl methyl sites for hydroxylation is 3. The first-order valence-corrected chi connectivity index (χ1v) is 46.7. The molecule has 3 fully saturated rings. The molecule has 42 heteroatoms. The number of nitrogens with zero attached hydrogens (tertiary/aromatic N) is 18. The summed E-state index contributed by atoms with van der Waals surface area (Å²) in [5, 5.41) is 60.1. The van der Waals surface area contributed by atoms with E-state index in [0.717, 1.165) is 0 Å². The zero-order valence-electron chi connectivity index (χ0n) is 78.0. The molecule has 0 spiro atoms. The van der Waals surface area contributed by atoms with Gasteiger partial charge in [0.25, 0.3) is 16.7 Å². The fraction of sp³-hybridized carbons (Fsp3) is 0.303. The van der Waals surface area contributed by atoms with Crippen LogP contribution in [-0.2, 0) is 14.4 Å². The molecule has 732 valence electrons. The molecule has 3 aliphatic rings. The van der Waals surface area contributed by atoms with Crippen LogP contribution in [0.2, 0.25) is 40.2 Å². The van der Waals surface area contributed by atoms with E-state index in [1.54, 1.807) is 82.1 Å². The van der Waals surface area contributed by atoms with Crippen molar-refractivity contribution in [3.8, 4) is 86.3 Å².